The van der Waals surface area contributed by atoms with E-state index in [0.717, 1.165) is 6.07 Å². The minimum absolute atomic E-state index is 0.0289. The van der Waals surface area contributed by atoms with Crippen molar-refractivity contribution in [1.29, 1.82) is 0 Å². The second-order valence-electron chi connectivity index (χ2n) is 3.96. The maximum atomic E-state index is 12.8. The van der Waals surface area contributed by atoms with Gasteiger partial charge in [0.15, 0.2) is 0 Å². The third kappa shape index (κ3) is 4.19. The molecule has 3 N–H and O–H groups in total. The molecule has 1 rings (SSSR count). The van der Waals surface area contributed by atoms with Crippen molar-refractivity contribution in [2.75, 3.05) is 6.61 Å². The van der Waals surface area contributed by atoms with E-state index in [1.165, 1.54) is 17.8 Å². The smallest absolute Gasteiger partial charge is 0.396 e. The molecule has 1 atom stereocenters. The first-order valence-corrected chi connectivity index (χ1v) is 6.44. The van der Waals surface area contributed by atoms with E-state index in [0.29, 0.717) is 11.3 Å². The van der Waals surface area contributed by atoms with Gasteiger partial charge in [0.25, 0.3) is 0 Å². The topological polar surface area (TPSA) is 46.2 Å². The first-order chi connectivity index (χ1) is 8.38. The van der Waals surface area contributed by atoms with Gasteiger partial charge in [0, 0.05) is 23.3 Å². The summed E-state index contributed by atoms with van der Waals surface area (Å²) in [5.41, 5.74) is 4.73. The van der Waals surface area contributed by atoms with Crippen LogP contribution in [0.3, 0.4) is 0 Å². The van der Waals surface area contributed by atoms with Crippen LogP contribution in [0.4, 0.5) is 13.2 Å². The molecule has 102 valence electrons. The van der Waals surface area contributed by atoms with Crippen LogP contribution in [0.2, 0.25) is 0 Å². The summed E-state index contributed by atoms with van der Waals surface area (Å²) < 4.78 is 38.4. The van der Waals surface area contributed by atoms with Crippen LogP contribution in [-0.2, 0) is 12.7 Å². The van der Waals surface area contributed by atoms with Gasteiger partial charge in [-0.3, -0.25) is 0 Å². The standard InChI is InChI=1S/C12H16F3NOS/c1-8(4-5-17)18-10-3-2-9(7-16)11(6-10)12(13,14)15/h2-3,6,8,17H,4-5,7,16H2,1H3. The molecular weight excluding hydrogens is 263 g/mol. The second-order valence-corrected chi connectivity index (χ2v) is 5.47. The molecule has 0 amide bonds. The van der Waals surface area contributed by atoms with Crippen LogP contribution < -0.4 is 5.73 Å². The third-order valence-corrected chi connectivity index (χ3v) is 3.64. The Bertz CT molecular complexity index is 395. The lowest BCUT2D eigenvalue weighted by atomic mass is 10.1. The first kappa shape index (κ1) is 15.3. The van der Waals surface area contributed by atoms with E-state index in [9.17, 15) is 13.2 Å². The van der Waals surface area contributed by atoms with Crippen LogP contribution in [0.25, 0.3) is 0 Å². The molecule has 6 heteroatoms. The molecule has 0 heterocycles. The normalized spacial score (nSPS) is 13.7. The zero-order valence-corrected chi connectivity index (χ0v) is 10.8. The van der Waals surface area contributed by atoms with Crippen LogP contribution >= 0.6 is 11.8 Å². The molecule has 2 nitrogen and oxygen atoms in total. The quantitative estimate of drug-likeness (QED) is 0.814. The molecule has 0 aliphatic rings. The predicted molar refractivity (Wildman–Crippen MR) is 66.4 cm³/mol. The molecule has 0 aromatic heterocycles. The predicted octanol–water partition coefficient (Wildman–Crippen LogP) is 3.03. The second kappa shape index (κ2) is 6.45. The van der Waals surface area contributed by atoms with Gasteiger partial charge in [0.2, 0.25) is 0 Å². The van der Waals surface area contributed by atoms with E-state index in [1.54, 1.807) is 6.07 Å². The number of hydrogen-bond donors (Lipinski definition) is 2. The van der Waals surface area contributed by atoms with Crippen molar-refractivity contribution in [3.05, 3.63) is 29.3 Å². The zero-order valence-electron chi connectivity index (χ0n) is 10.00. The lowest BCUT2D eigenvalue weighted by molar-refractivity contribution is -0.138. The fourth-order valence-electron chi connectivity index (χ4n) is 1.54. The summed E-state index contributed by atoms with van der Waals surface area (Å²) in [6.07, 6.45) is -3.84. The Kier molecular flexibility index (Phi) is 5.49. The fourth-order valence-corrected chi connectivity index (χ4v) is 2.56. The van der Waals surface area contributed by atoms with Crippen molar-refractivity contribution in [2.24, 2.45) is 5.73 Å². The summed E-state index contributed by atoms with van der Waals surface area (Å²) in [5.74, 6) is 0. The highest BCUT2D eigenvalue weighted by Gasteiger charge is 2.33. The zero-order chi connectivity index (χ0) is 13.8. The summed E-state index contributed by atoms with van der Waals surface area (Å²) in [5, 5.41) is 8.84. The highest BCUT2D eigenvalue weighted by atomic mass is 32.2. The van der Waals surface area contributed by atoms with Gasteiger partial charge >= 0.3 is 6.18 Å². The Labute approximate surface area is 108 Å². The molecule has 0 bridgehead atoms. The number of benzene rings is 1. The number of hydrogen-bond acceptors (Lipinski definition) is 3. The molecule has 0 spiro atoms. The molecule has 1 aromatic carbocycles. The fraction of sp³-hybridized carbons (Fsp3) is 0.500. The van der Waals surface area contributed by atoms with E-state index in [1.807, 2.05) is 6.92 Å². The van der Waals surface area contributed by atoms with Crippen LogP contribution in [0.5, 0.6) is 0 Å². The number of thioether (sulfide) groups is 1. The van der Waals surface area contributed by atoms with Crippen molar-refractivity contribution in [3.63, 3.8) is 0 Å². The number of halogens is 3. The summed E-state index contributed by atoms with van der Waals surface area (Å²) in [6.45, 7) is 1.76. The third-order valence-electron chi connectivity index (χ3n) is 2.48. The number of aliphatic hydroxyl groups is 1. The monoisotopic (exact) mass is 279 g/mol. The minimum Gasteiger partial charge on any atom is -0.396 e. The average molecular weight is 279 g/mol. The van der Waals surface area contributed by atoms with Gasteiger partial charge in [-0.05, 0) is 24.1 Å². The van der Waals surface area contributed by atoms with Gasteiger partial charge in [0.05, 0.1) is 5.56 Å². The van der Waals surface area contributed by atoms with E-state index < -0.39 is 11.7 Å². The van der Waals surface area contributed by atoms with Gasteiger partial charge in [-0.2, -0.15) is 13.2 Å². The van der Waals surface area contributed by atoms with Crippen LogP contribution in [0.15, 0.2) is 23.1 Å². The largest absolute Gasteiger partial charge is 0.416 e. The van der Waals surface area contributed by atoms with E-state index >= 15 is 0 Å². The number of alkyl halides is 3. The van der Waals surface area contributed by atoms with Crippen molar-refractivity contribution >= 4 is 11.8 Å². The molecule has 1 aromatic rings. The van der Waals surface area contributed by atoms with Gasteiger partial charge in [-0.25, -0.2) is 0 Å². The van der Waals surface area contributed by atoms with Crippen molar-refractivity contribution < 1.29 is 18.3 Å². The molecule has 0 fully saturated rings. The molecule has 18 heavy (non-hydrogen) atoms. The van der Waals surface area contributed by atoms with Crippen molar-refractivity contribution in [2.45, 2.75) is 36.2 Å². The van der Waals surface area contributed by atoms with Gasteiger partial charge in [-0.1, -0.05) is 13.0 Å². The highest BCUT2D eigenvalue weighted by Crippen LogP contribution is 2.35. The van der Waals surface area contributed by atoms with Crippen LogP contribution in [-0.4, -0.2) is 17.0 Å². The first-order valence-electron chi connectivity index (χ1n) is 5.56. The molecule has 0 saturated carbocycles. The molecule has 0 saturated heterocycles. The minimum atomic E-state index is -4.38. The molecule has 0 radical (unpaired) electrons. The Morgan fingerprint density at radius 2 is 2.06 bits per heavy atom. The number of rotatable bonds is 5. The van der Waals surface area contributed by atoms with Crippen LogP contribution in [0.1, 0.15) is 24.5 Å². The molecule has 1 unspecified atom stereocenters. The molecule has 0 aliphatic carbocycles. The van der Waals surface area contributed by atoms with Gasteiger partial charge in [0.1, 0.15) is 0 Å². The van der Waals surface area contributed by atoms with E-state index in [4.69, 9.17) is 10.8 Å². The van der Waals surface area contributed by atoms with Crippen molar-refractivity contribution in [3.8, 4) is 0 Å². The maximum Gasteiger partial charge on any atom is 0.416 e. The summed E-state index contributed by atoms with van der Waals surface area (Å²) >= 11 is 1.32. The summed E-state index contributed by atoms with van der Waals surface area (Å²) in [6, 6.07) is 4.17. The number of nitrogens with two attached hydrogens (primary N) is 1. The molecular formula is C12H16F3NOS. The van der Waals surface area contributed by atoms with Gasteiger partial charge in [-0.15, -0.1) is 11.8 Å². The highest BCUT2D eigenvalue weighted by molar-refractivity contribution is 7.99. The van der Waals surface area contributed by atoms with Crippen LogP contribution in [0, 0.1) is 0 Å². The molecule has 0 aliphatic heterocycles. The average Bonchev–Trinajstić information content (AvgIpc) is 2.28. The lowest BCUT2D eigenvalue weighted by Crippen LogP contribution is -2.12. The Hall–Kier alpha value is -0.720. The lowest BCUT2D eigenvalue weighted by Gasteiger charge is -2.15. The Balaban J connectivity index is 2.96. The Morgan fingerprint density at radius 1 is 1.39 bits per heavy atom. The summed E-state index contributed by atoms with van der Waals surface area (Å²) in [4.78, 5) is 0.542. The Morgan fingerprint density at radius 3 is 2.56 bits per heavy atom. The van der Waals surface area contributed by atoms with E-state index in [2.05, 4.69) is 0 Å². The van der Waals surface area contributed by atoms with E-state index in [-0.39, 0.29) is 24.0 Å². The van der Waals surface area contributed by atoms with Gasteiger partial charge < -0.3 is 10.8 Å². The number of aliphatic hydroxyl groups excluding tert-OH is 1. The SMILES string of the molecule is CC(CCO)Sc1ccc(CN)c(C(F)(F)F)c1. The van der Waals surface area contributed by atoms with Crippen molar-refractivity contribution in [1.82, 2.24) is 0 Å². The summed E-state index contributed by atoms with van der Waals surface area (Å²) in [7, 11) is 0. The maximum absolute atomic E-state index is 12.8.